The standard InChI is InChI=1S/C15H20O5/c1-11(15(18)19-2)3-8-14(17)20-10-13-6-4-12(9-16)5-7-13/h4-7,11,16H,3,8-10H2,1-2H3/t11-/m0/s1. The lowest BCUT2D eigenvalue weighted by Crippen LogP contribution is -2.15. The third-order valence-electron chi connectivity index (χ3n) is 2.99. The van der Waals surface area contributed by atoms with E-state index in [1.165, 1.54) is 7.11 Å². The van der Waals surface area contributed by atoms with Crippen molar-refractivity contribution < 1.29 is 24.2 Å². The van der Waals surface area contributed by atoms with E-state index in [9.17, 15) is 9.59 Å². The molecule has 1 N–H and O–H groups in total. The van der Waals surface area contributed by atoms with Gasteiger partial charge in [-0.2, -0.15) is 0 Å². The maximum atomic E-state index is 11.5. The number of hydrogen-bond donors (Lipinski definition) is 1. The van der Waals surface area contributed by atoms with Gasteiger partial charge in [0.15, 0.2) is 0 Å². The van der Waals surface area contributed by atoms with Gasteiger partial charge in [-0.3, -0.25) is 9.59 Å². The van der Waals surface area contributed by atoms with Crippen LogP contribution < -0.4 is 0 Å². The quantitative estimate of drug-likeness (QED) is 0.771. The molecule has 0 saturated carbocycles. The van der Waals surface area contributed by atoms with E-state index in [1.54, 1.807) is 31.2 Å². The van der Waals surface area contributed by atoms with Crippen molar-refractivity contribution in [3.05, 3.63) is 35.4 Å². The molecule has 1 rings (SSSR count). The van der Waals surface area contributed by atoms with E-state index in [4.69, 9.17) is 9.84 Å². The first-order valence-corrected chi connectivity index (χ1v) is 6.49. The molecule has 20 heavy (non-hydrogen) atoms. The summed E-state index contributed by atoms with van der Waals surface area (Å²) in [6.07, 6.45) is 0.597. The molecule has 110 valence electrons. The van der Waals surface area contributed by atoms with Crippen molar-refractivity contribution in [2.45, 2.75) is 33.0 Å². The molecule has 0 spiro atoms. The summed E-state index contributed by atoms with van der Waals surface area (Å²) in [4.78, 5) is 22.7. The van der Waals surface area contributed by atoms with Gasteiger partial charge in [0.2, 0.25) is 0 Å². The molecule has 0 saturated heterocycles. The number of benzene rings is 1. The van der Waals surface area contributed by atoms with Crippen LogP contribution in [0.15, 0.2) is 24.3 Å². The highest BCUT2D eigenvalue weighted by Crippen LogP contribution is 2.10. The van der Waals surface area contributed by atoms with Crippen LogP contribution in [-0.4, -0.2) is 24.2 Å². The highest BCUT2D eigenvalue weighted by atomic mass is 16.5. The lowest BCUT2D eigenvalue weighted by Gasteiger charge is -2.09. The minimum Gasteiger partial charge on any atom is -0.469 e. The Kier molecular flexibility index (Phi) is 6.73. The highest BCUT2D eigenvalue weighted by molar-refractivity contribution is 5.74. The maximum absolute atomic E-state index is 11.5. The molecular weight excluding hydrogens is 260 g/mol. The fourth-order valence-electron chi connectivity index (χ4n) is 1.63. The molecule has 0 fully saturated rings. The van der Waals surface area contributed by atoms with Crippen molar-refractivity contribution in [3.63, 3.8) is 0 Å². The average molecular weight is 280 g/mol. The number of esters is 2. The van der Waals surface area contributed by atoms with E-state index in [0.717, 1.165) is 11.1 Å². The van der Waals surface area contributed by atoms with E-state index in [1.807, 2.05) is 0 Å². The van der Waals surface area contributed by atoms with E-state index in [2.05, 4.69) is 4.74 Å². The predicted octanol–water partition coefficient (Wildman–Crippen LogP) is 1.81. The molecule has 0 amide bonds. The minimum atomic E-state index is -0.341. The fourth-order valence-corrected chi connectivity index (χ4v) is 1.63. The van der Waals surface area contributed by atoms with Crippen LogP contribution in [0.1, 0.15) is 30.9 Å². The van der Waals surface area contributed by atoms with Gasteiger partial charge in [-0.05, 0) is 17.5 Å². The first-order chi connectivity index (χ1) is 9.56. The molecule has 0 bridgehead atoms. The molecule has 0 aliphatic carbocycles. The van der Waals surface area contributed by atoms with Gasteiger partial charge in [0.05, 0.1) is 19.6 Å². The Morgan fingerprint density at radius 1 is 1.20 bits per heavy atom. The Morgan fingerprint density at radius 2 is 1.80 bits per heavy atom. The number of rotatable bonds is 7. The van der Waals surface area contributed by atoms with Crippen molar-refractivity contribution >= 4 is 11.9 Å². The van der Waals surface area contributed by atoms with Crippen LogP contribution in [0.3, 0.4) is 0 Å². The van der Waals surface area contributed by atoms with Gasteiger partial charge in [-0.25, -0.2) is 0 Å². The number of aliphatic hydroxyl groups excluding tert-OH is 1. The summed E-state index contributed by atoms with van der Waals surface area (Å²) in [6.45, 7) is 1.90. The Hall–Kier alpha value is -1.88. The molecule has 0 aliphatic heterocycles. The Balaban J connectivity index is 2.30. The number of aliphatic hydroxyl groups is 1. The lowest BCUT2D eigenvalue weighted by molar-refractivity contribution is -0.147. The highest BCUT2D eigenvalue weighted by Gasteiger charge is 2.15. The Labute approximate surface area is 118 Å². The summed E-state index contributed by atoms with van der Waals surface area (Å²) < 4.78 is 9.70. The van der Waals surface area contributed by atoms with Crippen LogP contribution in [0.25, 0.3) is 0 Å². The summed E-state index contributed by atoms with van der Waals surface area (Å²) in [5.74, 6) is -0.972. The molecule has 5 nitrogen and oxygen atoms in total. The van der Waals surface area contributed by atoms with Gasteiger partial charge in [-0.1, -0.05) is 31.2 Å². The molecule has 0 aliphatic rings. The molecule has 1 aromatic carbocycles. The largest absolute Gasteiger partial charge is 0.469 e. The van der Waals surface area contributed by atoms with Gasteiger partial charge >= 0.3 is 11.9 Å². The predicted molar refractivity (Wildman–Crippen MR) is 72.6 cm³/mol. The number of carbonyl (C=O) groups is 2. The molecule has 1 aromatic rings. The van der Waals surface area contributed by atoms with Gasteiger partial charge in [0, 0.05) is 6.42 Å². The van der Waals surface area contributed by atoms with Crippen LogP contribution in [0.5, 0.6) is 0 Å². The minimum absolute atomic E-state index is 0.00845. The summed E-state index contributed by atoms with van der Waals surface area (Å²) in [5.41, 5.74) is 1.67. The SMILES string of the molecule is COC(=O)[C@@H](C)CCC(=O)OCc1ccc(CO)cc1. The summed E-state index contributed by atoms with van der Waals surface area (Å²) in [7, 11) is 1.33. The van der Waals surface area contributed by atoms with Crippen molar-refractivity contribution in [2.24, 2.45) is 5.92 Å². The van der Waals surface area contributed by atoms with Crippen LogP contribution in [-0.2, 0) is 32.3 Å². The van der Waals surface area contributed by atoms with E-state index in [0.29, 0.717) is 6.42 Å². The van der Waals surface area contributed by atoms with Crippen molar-refractivity contribution in [2.75, 3.05) is 7.11 Å². The van der Waals surface area contributed by atoms with Crippen molar-refractivity contribution in [1.82, 2.24) is 0 Å². The second kappa shape index (κ2) is 8.32. The van der Waals surface area contributed by atoms with Gasteiger partial charge in [0.25, 0.3) is 0 Å². The number of ether oxygens (including phenoxy) is 2. The lowest BCUT2D eigenvalue weighted by atomic mass is 10.1. The molecule has 1 atom stereocenters. The Morgan fingerprint density at radius 3 is 2.35 bits per heavy atom. The zero-order valence-corrected chi connectivity index (χ0v) is 11.8. The number of carbonyl (C=O) groups excluding carboxylic acids is 2. The number of methoxy groups -OCH3 is 1. The third kappa shape index (κ3) is 5.40. The summed E-state index contributed by atoms with van der Waals surface area (Å²) in [5, 5.41) is 8.91. The summed E-state index contributed by atoms with van der Waals surface area (Å²) in [6, 6.07) is 7.16. The zero-order chi connectivity index (χ0) is 15.0. The molecule has 0 aromatic heterocycles. The van der Waals surface area contributed by atoms with E-state index < -0.39 is 0 Å². The van der Waals surface area contributed by atoms with Crippen molar-refractivity contribution in [1.29, 1.82) is 0 Å². The second-order valence-corrected chi connectivity index (χ2v) is 4.60. The fraction of sp³-hybridized carbons (Fsp3) is 0.467. The smallest absolute Gasteiger partial charge is 0.308 e. The molecule has 0 unspecified atom stereocenters. The van der Waals surface area contributed by atoms with E-state index >= 15 is 0 Å². The second-order valence-electron chi connectivity index (χ2n) is 4.60. The summed E-state index contributed by atoms with van der Waals surface area (Å²) >= 11 is 0. The third-order valence-corrected chi connectivity index (χ3v) is 2.99. The van der Waals surface area contributed by atoms with Gasteiger partial charge in [0.1, 0.15) is 6.61 Å². The van der Waals surface area contributed by atoms with Gasteiger partial charge < -0.3 is 14.6 Å². The molecular formula is C15H20O5. The van der Waals surface area contributed by atoms with Crippen LogP contribution in [0, 0.1) is 5.92 Å². The molecule has 0 radical (unpaired) electrons. The molecule has 5 heteroatoms. The maximum Gasteiger partial charge on any atom is 0.308 e. The van der Waals surface area contributed by atoms with Crippen LogP contribution >= 0.6 is 0 Å². The monoisotopic (exact) mass is 280 g/mol. The first kappa shape index (κ1) is 16.2. The molecule has 0 heterocycles. The van der Waals surface area contributed by atoms with Crippen LogP contribution in [0.2, 0.25) is 0 Å². The zero-order valence-electron chi connectivity index (χ0n) is 11.8. The first-order valence-electron chi connectivity index (χ1n) is 6.49. The normalized spacial score (nSPS) is 11.8. The van der Waals surface area contributed by atoms with Gasteiger partial charge in [-0.15, -0.1) is 0 Å². The van der Waals surface area contributed by atoms with Crippen molar-refractivity contribution in [3.8, 4) is 0 Å². The Bertz CT molecular complexity index is 438. The average Bonchev–Trinajstić information content (AvgIpc) is 2.50. The topological polar surface area (TPSA) is 72.8 Å². The van der Waals surface area contributed by atoms with E-state index in [-0.39, 0.29) is 37.5 Å². The number of hydrogen-bond acceptors (Lipinski definition) is 5. The van der Waals surface area contributed by atoms with Crippen LogP contribution in [0.4, 0.5) is 0 Å².